The monoisotopic (exact) mass is 177 g/mol. The molecule has 11 heavy (non-hydrogen) atoms. The molecule has 1 amide bonds. The third-order valence-corrected chi connectivity index (χ3v) is 1.31. The topological polar surface area (TPSA) is 46.2 Å². The van der Waals surface area contributed by atoms with Crippen LogP contribution in [-0.2, 0) is 9.59 Å². The number of carbonyl (C=O) groups excluding carboxylic acids is 2. The second kappa shape index (κ2) is 6.16. The Morgan fingerprint density at radius 1 is 1.36 bits per heavy atom. The van der Waals surface area contributed by atoms with Crippen molar-refractivity contribution in [2.75, 3.05) is 6.54 Å². The van der Waals surface area contributed by atoms with Gasteiger partial charge in [-0.15, -0.1) is 0 Å². The molecule has 0 saturated heterocycles. The number of carbonyl (C=O) groups is 2. The van der Waals surface area contributed by atoms with Gasteiger partial charge in [0.2, 0.25) is 11.1 Å². The van der Waals surface area contributed by atoms with E-state index >= 15 is 0 Å². The van der Waals surface area contributed by atoms with Crippen LogP contribution in [0.1, 0.15) is 26.2 Å². The minimum absolute atomic E-state index is 0.0228. The molecule has 0 aromatic rings. The zero-order valence-electron chi connectivity index (χ0n) is 6.52. The fourth-order valence-corrected chi connectivity index (χ4v) is 0.710. The molecule has 0 rings (SSSR count). The van der Waals surface area contributed by atoms with Gasteiger partial charge in [-0.3, -0.25) is 9.59 Å². The van der Waals surface area contributed by atoms with Crippen molar-refractivity contribution in [3.8, 4) is 0 Å². The second-order valence-corrected chi connectivity index (χ2v) is 2.63. The maximum absolute atomic E-state index is 10.8. The average Bonchev–Trinajstić information content (AvgIpc) is 1.87. The van der Waals surface area contributed by atoms with Gasteiger partial charge in [-0.05, 0) is 18.0 Å². The summed E-state index contributed by atoms with van der Waals surface area (Å²) in [6.45, 7) is 2.27. The first-order valence-electron chi connectivity index (χ1n) is 3.61. The molecular formula is C7H12ClNO2. The summed E-state index contributed by atoms with van der Waals surface area (Å²) in [5.41, 5.74) is 0. The Hall–Kier alpha value is -0.570. The van der Waals surface area contributed by atoms with Crippen molar-refractivity contribution in [2.24, 2.45) is 0 Å². The van der Waals surface area contributed by atoms with Gasteiger partial charge in [0.15, 0.2) is 0 Å². The van der Waals surface area contributed by atoms with Gasteiger partial charge in [0.1, 0.15) is 0 Å². The Balaban J connectivity index is 3.24. The molecule has 0 aromatic carbocycles. The molecule has 0 atom stereocenters. The van der Waals surface area contributed by atoms with Crippen molar-refractivity contribution in [1.82, 2.24) is 5.32 Å². The van der Waals surface area contributed by atoms with Crippen LogP contribution in [0.4, 0.5) is 0 Å². The van der Waals surface area contributed by atoms with Crippen molar-refractivity contribution >= 4 is 22.8 Å². The molecule has 0 bridgehead atoms. The summed E-state index contributed by atoms with van der Waals surface area (Å²) < 4.78 is 0. The molecule has 3 nitrogen and oxygen atoms in total. The highest BCUT2D eigenvalue weighted by molar-refractivity contribution is 6.63. The minimum atomic E-state index is -0.415. The predicted molar refractivity (Wildman–Crippen MR) is 43.4 cm³/mol. The quantitative estimate of drug-likeness (QED) is 0.639. The third kappa shape index (κ3) is 7.33. The smallest absolute Gasteiger partial charge is 0.223 e. The Morgan fingerprint density at radius 2 is 2.00 bits per heavy atom. The van der Waals surface area contributed by atoms with Crippen LogP contribution in [0.2, 0.25) is 0 Å². The highest BCUT2D eigenvalue weighted by atomic mass is 35.5. The first kappa shape index (κ1) is 10.4. The van der Waals surface area contributed by atoms with Gasteiger partial charge < -0.3 is 5.32 Å². The fraction of sp³-hybridized carbons (Fsp3) is 0.714. The maximum Gasteiger partial charge on any atom is 0.223 e. The number of amides is 1. The van der Waals surface area contributed by atoms with Crippen LogP contribution in [0.3, 0.4) is 0 Å². The van der Waals surface area contributed by atoms with Crippen LogP contribution < -0.4 is 5.32 Å². The van der Waals surface area contributed by atoms with Crippen molar-refractivity contribution in [3.05, 3.63) is 0 Å². The van der Waals surface area contributed by atoms with E-state index in [2.05, 4.69) is 5.32 Å². The molecule has 0 unspecified atom stereocenters. The summed E-state index contributed by atoms with van der Waals surface area (Å²) in [4.78, 5) is 21.0. The molecule has 1 N–H and O–H groups in total. The summed E-state index contributed by atoms with van der Waals surface area (Å²) in [6.07, 6.45) is 1.54. The molecule has 0 aliphatic heterocycles. The summed E-state index contributed by atoms with van der Waals surface area (Å²) in [5, 5.41) is 2.16. The van der Waals surface area contributed by atoms with Crippen LogP contribution in [0, 0.1) is 0 Å². The van der Waals surface area contributed by atoms with Crippen LogP contribution in [0.5, 0.6) is 0 Å². The van der Waals surface area contributed by atoms with E-state index in [1.807, 2.05) is 6.92 Å². The lowest BCUT2D eigenvalue weighted by Crippen LogP contribution is -2.24. The number of nitrogens with one attached hydrogen (secondary N) is 1. The largest absolute Gasteiger partial charge is 0.356 e. The van der Waals surface area contributed by atoms with E-state index in [1.165, 1.54) is 0 Å². The van der Waals surface area contributed by atoms with Gasteiger partial charge in [0.25, 0.3) is 0 Å². The maximum atomic E-state index is 10.8. The lowest BCUT2D eigenvalue weighted by Gasteiger charge is -2.00. The molecule has 0 aromatic heterocycles. The summed E-state index contributed by atoms with van der Waals surface area (Å²) in [6, 6.07) is 0. The first-order chi connectivity index (χ1) is 5.16. The van der Waals surface area contributed by atoms with Gasteiger partial charge in [-0.25, -0.2) is 0 Å². The van der Waals surface area contributed by atoms with Crippen LogP contribution in [0.25, 0.3) is 0 Å². The van der Waals surface area contributed by atoms with Crippen LogP contribution in [-0.4, -0.2) is 17.7 Å². The van der Waals surface area contributed by atoms with Gasteiger partial charge in [-0.1, -0.05) is 6.92 Å². The average molecular weight is 178 g/mol. The molecule has 0 aliphatic rings. The molecule has 0 aliphatic carbocycles. The number of hydrogen-bond donors (Lipinski definition) is 1. The van der Waals surface area contributed by atoms with E-state index in [9.17, 15) is 9.59 Å². The minimum Gasteiger partial charge on any atom is -0.356 e. The van der Waals surface area contributed by atoms with E-state index in [1.54, 1.807) is 0 Å². The zero-order chi connectivity index (χ0) is 8.69. The lowest BCUT2D eigenvalue weighted by atomic mass is 10.3. The number of hydrogen-bond acceptors (Lipinski definition) is 2. The lowest BCUT2D eigenvalue weighted by molar-refractivity contribution is -0.121. The van der Waals surface area contributed by atoms with Crippen molar-refractivity contribution < 1.29 is 9.59 Å². The molecule has 0 spiro atoms. The van der Waals surface area contributed by atoms with E-state index in [0.29, 0.717) is 13.0 Å². The third-order valence-electron chi connectivity index (χ3n) is 1.12. The van der Waals surface area contributed by atoms with Crippen LogP contribution >= 0.6 is 11.6 Å². The van der Waals surface area contributed by atoms with E-state index < -0.39 is 5.24 Å². The normalized spacial score (nSPS) is 9.27. The van der Waals surface area contributed by atoms with E-state index in [-0.39, 0.29) is 12.3 Å². The summed E-state index contributed by atoms with van der Waals surface area (Å²) in [7, 11) is 0. The summed E-state index contributed by atoms with van der Waals surface area (Å²) in [5.74, 6) is -0.0228. The number of halogens is 1. The van der Waals surface area contributed by atoms with Gasteiger partial charge in [-0.2, -0.15) is 0 Å². The summed E-state index contributed by atoms with van der Waals surface area (Å²) >= 11 is 5.05. The van der Waals surface area contributed by atoms with Crippen LogP contribution in [0.15, 0.2) is 0 Å². The Labute approximate surface area is 71.1 Å². The Bertz CT molecular complexity index is 147. The second-order valence-electron chi connectivity index (χ2n) is 2.21. The SMILES string of the molecule is CCCC(=O)NCCC(=O)Cl. The fourth-order valence-electron chi connectivity index (χ4n) is 0.616. The van der Waals surface area contributed by atoms with Gasteiger partial charge in [0.05, 0.1) is 0 Å². The molecule has 0 radical (unpaired) electrons. The standard InChI is InChI=1S/C7H12ClNO2/c1-2-3-7(11)9-5-4-6(8)10/h2-5H2,1H3,(H,9,11). The van der Waals surface area contributed by atoms with Crippen molar-refractivity contribution in [2.45, 2.75) is 26.2 Å². The molecular weight excluding hydrogens is 166 g/mol. The highest BCUT2D eigenvalue weighted by Gasteiger charge is 1.99. The predicted octanol–water partition coefficient (Wildman–Crippen LogP) is 1.06. The van der Waals surface area contributed by atoms with E-state index in [4.69, 9.17) is 11.6 Å². The van der Waals surface area contributed by atoms with Gasteiger partial charge >= 0.3 is 0 Å². The molecule has 0 heterocycles. The van der Waals surface area contributed by atoms with Crippen molar-refractivity contribution in [3.63, 3.8) is 0 Å². The molecule has 0 fully saturated rings. The Morgan fingerprint density at radius 3 is 2.45 bits per heavy atom. The Kier molecular flexibility index (Phi) is 5.84. The first-order valence-corrected chi connectivity index (χ1v) is 3.99. The van der Waals surface area contributed by atoms with Crippen molar-refractivity contribution in [1.29, 1.82) is 0 Å². The molecule has 4 heteroatoms. The number of rotatable bonds is 5. The van der Waals surface area contributed by atoms with E-state index in [0.717, 1.165) is 6.42 Å². The molecule has 64 valence electrons. The molecule has 0 saturated carbocycles. The zero-order valence-corrected chi connectivity index (χ0v) is 7.28. The van der Waals surface area contributed by atoms with Gasteiger partial charge in [0, 0.05) is 19.4 Å². The highest BCUT2D eigenvalue weighted by Crippen LogP contribution is 1.88.